The van der Waals surface area contributed by atoms with Gasteiger partial charge in [-0.1, -0.05) is 22.0 Å². The van der Waals surface area contributed by atoms with Crippen LogP contribution in [-0.2, 0) is 0 Å². The maximum Gasteiger partial charge on any atom is 0.387 e. The van der Waals surface area contributed by atoms with E-state index in [1.807, 2.05) is 0 Å². The van der Waals surface area contributed by atoms with Crippen molar-refractivity contribution >= 4 is 27.5 Å². The predicted molar refractivity (Wildman–Crippen MR) is 81.7 cm³/mol. The molecule has 0 bridgehead atoms. The largest absolute Gasteiger partial charge is 0.493 e. The number of hydrogen-bond donors (Lipinski definition) is 1. The number of alkyl halides is 2. The average molecular weight is 390 g/mol. The minimum atomic E-state index is -3.14. The summed E-state index contributed by atoms with van der Waals surface area (Å²) in [6.45, 7) is -3.14. The fourth-order valence-electron chi connectivity index (χ4n) is 1.85. The quantitative estimate of drug-likeness (QED) is 0.821. The van der Waals surface area contributed by atoms with Crippen molar-refractivity contribution in [2.75, 3.05) is 12.4 Å². The molecule has 2 aromatic carbocycles. The van der Waals surface area contributed by atoms with E-state index in [2.05, 4.69) is 26.0 Å². The van der Waals surface area contributed by atoms with Gasteiger partial charge in [0.2, 0.25) is 0 Å². The Morgan fingerprint density at radius 1 is 1.26 bits per heavy atom. The zero-order chi connectivity index (χ0) is 17.0. The monoisotopic (exact) mass is 389 g/mol. The molecule has 4 nitrogen and oxygen atoms in total. The number of amides is 1. The maximum absolute atomic E-state index is 13.8. The van der Waals surface area contributed by atoms with Gasteiger partial charge in [0.1, 0.15) is 5.82 Å². The summed E-state index contributed by atoms with van der Waals surface area (Å²) in [5.41, 5.74) is -0.295. The highest BCUT2D eigenvalue weighted by molar-refractivity contribution is 9.10. The van der Waals surface area contributed by atoms with Gasteiger partial charge in [-0.2, -0.15) is 8.78 Å². The SMILES string of the molecule is COc1cccc(C(=O)Nc2ccc(Br)cc2F)c1OC(F)F. The molecule has 122 valence electrons. The van der Waals surface area contributed by atoms with Gasteiger partial charge in [0.15, 0.2) is 11.5 Å². The fraction of sp³-hybridized carbons (Fsp3) is 0.133. The number of carbonyl (C=O) groups is 1. The van der Waals surface area contributed by atoms with E-state index in [0.29, 0.717) is 4.47 Å². The minimum absolute atomic E-state index is 0.0331. The van der Waals surface area contributed by atoms with Crippen LogP contribution in [0.1, 0.15) is 10.4 Å². The molecule has 1 N–H and O–H groups in total. The number of methoxy groups -OCH3 is 1. The summed E-state index contributed by atoms with van der Waals surface area (Å²) in [4.78, 5) is 12.3. The Labute approximate surface area is 138 Å². The number of para-hydroxylation sites is 1. The highest BCUT2D eigenvalue weighted by Gasteiger charge is 2.21. The molecule has 0 unspecified atom stereocenters. The lowest BCUT2D eigenvalue weighted by Gasteiger charge is -2.14. The van der Waals surface area contributed by atoms with Gasteiger partial charge in [-0.25, -0.2) is 4.39 Å². The lowest BCUT2D eigenvalue weighted by atomic mass is 10.1. The van der Waals surface area contributed by atoms with Crippen molar-refractivity contribution in [2.24, 2.45) is 0 Å². The van der Waals surface area contributed by atoms with E-state index >= 15 is 0 Å². The van der Waals surface area contributed by atoms with Crippen LogP contribution in [0.4, 0.5) is 18.9 Å². The van der Waals surface area contributed by atoms with Crippen molar-refractivity contribution in [2.45, 2.75) is 6.61 Å². The van der Waals surface area contributed by atoms with Gasteiger partial charge in [-0.05, 0) is 30.3 Å². The molecule has 0 spiro atoms. The van der Waals surface area contributed by atoms with Crippen LogP contribution < -0.4 is 14.8 Å². The molecule has 0 aliphatic carbocycles. The van der Waals surface area contributed by atoms with Gasteiger partial charge < -0.3 is 14.8 Å². The van der Waals surface area contributed by atoms with Crippen LogP contribution >= 0.6 is 15.9 Å². The molecule has 0 radical (unpaired) electrons. The van der Waals surface area contributed by atoms with Crippen LogP contribution in [0, 0.1) is 5.82 Å². The summed E-state index contributed by atoms with van der Waals surface area (Å²) in [6, 6.07) is 8.11. The number of hydrogen-bond acceptors (Lipinski definition) is 3. The summed E-state index contributed by atoms with van der Waals surface area (Å²) < 4.78 is 48.6. The number of ether oxygens (including phenoxy) is 2. The van der Waals surface area contributed by atoms with Gasteiger partial charge in [0.05, 0.1) is 18.4 Å². The van der Waals surface area contributed by atoms with Gasteiger partial charge in [-0.3, -0.25) is 4.79 Å². The Bertz CT molecular complexity index is 725. The predicted octanol–water partition coefficient (Wildman–Crippen LogP) is 4.45. The van der Waals surface area contributed by atoms with Crippen molar-refractivity contribution in [3.05, 3.63) is 52.3 Å². The number of anilines is 1. The lowest BCUT2D eigenvalue weighted by molar-refractivity contribution is -0.0515. The number of rotatable bonds is 5. The molecule has 2 rings (SSSR count). The maximum atomic E-state index is 13.8. The van der Waals surface area contributed by atoms with E-state index < -0.39 is 24.1 Å². The van der Waals surface area contributed by atoms with Crippen LogP contribution in [0.3, 0.4) is 0 Å². The first kappa shape index (κ1) is 17.1. The van der Waals surface area contributed by atoms with Gasteiger partial charge in [0.25, 0.3) is 5.91 Å². The van der Waals surface area contributed by atoms with E-state index in [0.717, 1.165) is 6.07 Å². The van der Waals surface area contributed by atoms with E-state index in [4.69, 9.17) is 4.74 Å². The van der Waals surface area contributed by atoms with E-state index in [9.17, 15) is 18.0 Å². The zero-order valence-corrected chi connectivity index (χ0v) is 13.4. The molecule has 1 amide bonds. The number of halogens is 4. The standard InChI is InChI=1S/C15H11BrF3NO3/c1-22-12-4-2-3-9(13(12)23-15(18)19)14(21)20-11-6-5-8(16)7-10(11)17/h2-7,15H,1H3,(H,20,21). The molecule has 0 fully saturated rings. The molecule has 23 heavy (non-hydrogen) atoms. The average Bonchev–Trinajstić information content (AvgIpc) is 2.49. The number of nitrogens with one attached hydrogen (secondary N) is 1. The second-order valence-electron chi connectivity index (χ2n) is 4.29. The van der Waals surface area contributed by atoms with E-state index in [1.54, 1.807) is 0 Å². The Kier molecular flexibility index (Phi) is 5.49. The molecule has 0 aliphatic heterocycles. The van der Waals surface area contributed by atoms with Crippen LogP contribution in [0.2, 0.25) is 0 Å². The van der Waals surface area contributed by atoms with E-state index in [1.165, 1.54) is 37.4 Å². The summed E-state index contributed by atoms with van der Waals surface area (Å²) >= 11 is 3.09. The second kappa shape index (κ2) is 7.36. The van der Waals surface area contributed by atoms with Gasteiger partial charge in [0, 0.05) is 4.47 Å². The van der Waals surface area contributed by atoms with Gasteiger partial charge in [-0.15, -0.1) is 0 Å². The third-order valence-electron chi connectivity index (χ3n) is 2.83. The van der Waals surface area contributed by atoms with E-state index in [-0.39, 0.29) is 17.0 Å². The molecule has 0 saturated carbocycles. The molecule has 0 aromatic heterocycles. The minimum Gasteiger partial charge on any atom is -0.493 e. The molecule has 0 saturated heterocycles. The molecule has 2 aromatic rings. The van der Waals surface area contributed by atoms with Crippen molar-refractivity contribution in [3.63, 3.8) is 0 Å². The second-order valence-corrected chi connectivity index (χ2v) is 5.21. The summed E-state index contributed by atoms with van der Waals surface area (Å²) in [5, 5.41) is 2.30. The zero-order valence-electron chi connectivity index (χ0n) is 11.8. The Hall–Kier alpha value is -2.22. The van der Waals surface area contributed by atoms with Crippen LogP contribution in [0.5, 0.6) is 11.5 Å². The fourth-order valence-corrected chi connectivity index (χ4v) is 2.18. The Balaban J connectivity index is 2.35. The van der Waals surface area contributed by atoms with Crippen LogP contribution in [0.15, 0.2) is 40.9 Å². The molecular formula is C15H11BrF3NO3. The van der Waals surface area contributed by atoms with Crippen molar-refractivity contribution in [1.82, 2.24) is 0 Å². The van der Waals surface area contributed by atoms with Crippen LogP contribution in [0.25, 0.3) is 0 Å². The van der Waals surface area contributed by atoms with Crippen LogP contribution in [-0.4, -0.2) is 19.6 Å². The molecule has 8 heteroatoms. The topological polar surface area (TPSA) is 47.6 Å². The normalized spacial score (nSPS) is 10.5. The smallest absolute Gasteiger partial charge is 0.387 e. The highest BCUT2D eigenvalue weighted by Crippen LogP contribution is 2.33. The molecular weight excluding hydrogens is 379 g/mol. The number of carbonyl (C=O) groups excluding carboxylic acids is 1. The van der Waals surface area contributed by atoms with Crippen molar-refractivity contribution in [3.8, 4) is 11.5 Å². The molecule has 0 heterocycles. The molecule has 0 atom stereocenters. The number of benzene rings is 2. The third-order valence-corrected chi connectivity index (χ3v) is 3.32. The lowest BCUT2D eigenvalue weighted by Crippen LogP contribution is -2.16. The summed E-state index contributed by atoms with van der Waals surface area (Å²) in [7, 11) is 1.25. The first-order valence-corrected chi connectivity index (χ1v) is 7.10. The first-order valence-electron chi connectivity index (χ1n) is 6.30. The summed E-state index contributed by atoms with van der Waals surface area (Å²) in [5.74, 6) is -1.93. The highest BCUT2D eigenvalue weighted by atomic mass is 79.9. The van der Waals surface area contributed by atoms with Crippen molar-refractivity contribution in [1.29, 1.82) is 0 Å². The van der Waals surface area contributed by atoms with Gasteiger partial charge >= 0.3 is 6.61 Å². The third kappa shape index (κ3) is 4.16. The first-order chi connectivity index (χ1) is 10.9. The Morgan fingerprint density at radius 3 is 2.61 bits per heavy atom. The van der Waals surface area contributed by atoms with Crippen molar-refractivity contribution < 1.29 is 27.4 Å². The Morgan fingerprint density at radius 2 is 2.00 bits per heavy atom. The molecule has 0 aliphatic rings. The summed E-state index contributed by atoms with van der Waals surface area (Å²) in [6.07, 6.45) is 0.